The van der Waals surface area contributed by atoms with E-state index in [0.29, 0.717) is 22.1 Å². The first kappa shape index (κ1) is 20.4. The lowest BCUT2D eigenvalue weighted by Crippen LogP contribution is -2.25. The van der Waals surface area contributed by atoms with Crippen LogP contribution in [0.15, 0.2) is 64.1 Å². The Morgan fingerprint density at radius 2 is 1.83 bits per heavy atom. The summed E-state index contributed by atoms with van der Waals surface area (Å²) >= 11 is 11.7. The molecule has 0 aliphatic heterocycles. The molecule has 0 atom stereocenters. The van der Waals surface area contributed by atoms with E-state index in [1.165, 1.54) is 18.3 Å². The van der Waals surface area contributed by atoms with Gasteiger partial charge < -0.3 is 14.8 Å². The van der Waals surface area contributed by atoms with Gasteiger partial charge in [-0.05, 0) is 54.6 Å². The normalized spacial score (nSPS) is 10.8. The maximum Gasteiger partial charge on any atom is 0.337 e. The number of benzene rings is 2. The van der Waals surface area contributed by atoms with E-state index in [1.54, 1.807) is 42.5 Å². The van der Waals surface area contributed by atoms with Gasteiger partial charge in [-0.3, -0.25) is 4.79 Å². The number of hydrazone groups is 1. The third-order valence-electron chi connectivity index (χ3n) is 3.79. The van der Waals surface area contributed by atoms with Gasteiger partial charge in [0.15, 0.2) is 0 Å². The second-order valence-electron chi connectivity index (χ2n) is 5.86. The zero-order chi connectivity index (χ0) is 20.8. The Hall–Kier alpha value is -3.29. The van der Waals surface area contributed by atoms with Crippen LogP contribution in [0.5, 0.6) is 0 Å². The molecule has 3 aromatic rings. The largest absolute Gasteiger partial charge is 0.478 e. The van der Waals surface area contributed by atoms with Crippen molar-refractivity contribution < 1.29 is 19.1 Å². The summed E-state index contributed by atoms with van der Waals surface area (Å²) in [6, 6.07) is 14.8. The van der Waals surface area contributed by atoms with Gasteiger partial charge in [0.1, 0.15) is 11.5 Å². The lowest BCUT2D eigenvalue weighted by atomic mass is 10.1. The van der Waals surface area contributed by atoms with E-state index in [4.69, 9.17) is 32.7 Å². The summed E-state index contributed by atoms with van der Waals surface area (Å²) in [5.74, 6) is -0.633. The molecule has 0 aliphatic carbocycles. The van der Waals surface area contributed by atoms with E-state index in [1.807, 2.05) is 0 Å². The van der Waals surface area contributed by atoms with Crippen LogP contribution in [0, 0.1) is 0 Å². The summed E-state index contributed by atoms with van der Waals surface area (Å²) in [5, 5.41) is 16.7. The van der Waals surface area contributed by atoms with Crippen LogP contribution in [-0.4, -0.2) is 29.7 Å². The van der Waals surface area contributed by atoms with Crippen molar-refractivity contribution in [3.8, 4) is 11.3 Å². The number of carbonyl (C=O) groups excluding carboxylic acids is 1. The van der Waals surface area contributed by atoms with E-state index in [-0.39, 0.29) is 23.0 Å². The Bertz CT molecular complexity index is 1060. The molecule has 0 unspecified atom stereocenters. The van der Waals surface area contributed by atoms with E-state index in [2.05, 4.69) is 15.8 Å². The first-order valence-corrected chi connectivity index (χ1v) is 9.12. The van der Waals surface area contributed by atoms with Crippen molar-refractivity contribution in [2.75, 3.05) is 11.9 Å². The van der Waals surface area contributed by atoms with Crippen molar-refractivity contribution in [2.24, 2.45) is 5.10 Å². The highest BCUT2D eigenvalue weighted by Gasteiger charge is 2.12. The molecule has 7 nitrogen and oxygen atoms in total. The number of furan rings is 1. The summed E-state index contributed by atoms with van der Waals surface area (Å²) in [6.07, 6.45) is 1.34. The van der Waals surface area contributed by atoms with Crippen molar-refractivity contribution >= 4 is 47.0 Å². The minimum Gasteiger partial charge on any atom is -0.478 e. The molecule has 0 saturated heterocycles. The molecule has 3 N–H and O–H groups in total. The minimum absolute atomic E-state index is 0.0174. The maximum atomic E-state index is 11.8. The zero-order valence-electron chi connectivity index (χ0n) is 14.9. The van der Waals surface area contributed by atoms with Gasteiger partial charge in [-0.25, -0.2) is 10.2 Å². The summed E-state index contributed by atoms with van der Waals surface area (Å²) in [5.41, 5.74) is 3.68. The van der Waals surface area contributed by atoms with Gasteiger partial charge in [-0.15, -0.1) is 0 Å². The van der Waals surface area contributed by atoms with Crippen molar-refractivity contribution in [1.82, 2.24) is 5.43 Å². The molecule has 1 amide bonds. The summed E-state index contributed by atoms with van der Waals surface area (Å²) in [7, 11) is 0. The average Bonchev–Trinajstić information content (AvgIpc) is 3.16. The highest BCUT2D eigenvalue weighted by Crippen LogP contribution is 2.26. The third kappa shape index (κ3) is 5.60. The molecule has 1 aromatic heterocycles. The number of carbonyl (C=O) groups is 2. The number of hydrogen-bond acceptors (Lipinski definition) is 5. The number of aromatic carboxylic acids is 1. The van der Waals surface area contributed by atoms with Crippen LogP contribution in [0.3, 0.4) is 0 Å². The van der Waals surface area contributed by atoms with Crippen molar-refractivity contribution in [3.63, 3.8) is 0 Å². The Kier molecular flexibility index (Phi) is 6.54. The predicted molar refractivity (Wildman–Crippen MR) is 112 cm³/mol. The molecule has 3 rings (SSSR count). The van der Waals surface area contributed by atoms with E-state index < -0.39 is 5.97 Å². The molecule has 1 heterocycles. The fourth-order valence-electron chi connectivity index (χ4n) is 2.38. The van der Waals surface area contributed by atoms with Gasteiger partial charge in [0.2, 0.25) is 0 Å². The van der Waals surface area contributed by atoms with Gasteiger partial charge in [0, 0.05) is 16.3 Å². The Morgan fingerprint density at radius 3 is 2.55 bits per heavy atom. The fraction of sp³-hybridized carbons (Fsp3) is 0.0500. The maximum absolute atomic E-state index is 11.8. The van der Waals surface area contributed by atoms with Gasteiger partial charge >= 0.3 is 5.97 Å². The molecule has 0 saturated carbocycles. The molecule has 9 heteroatoms. The van der Waals surface area contributed by atoms with Gasteiger partial charge in [0.25, 0.3) is 5.91 Å². The molecule has 0 bridgehead atoms. The van der Waals surface area contributed by atoms with Crippen LogP contribution in [-0.2, 0) is 4.79 Å². The average molecular weight is 432 g/mol. The molecule has 0 aliphatic rings. The smallest absolute Gasteiger partial charge is 0.337 e. The number of rotatable bonds is 7. The molecule has 2 aromatic carbocycles. The molecule has 29 heavy (non-hydrogen) atoms. The van der Waals surface area contributed by atoms with E-state index in [9.17, 15) is 9.59 Å². The number of nitrogens with one attached hydrogen (secondary N) is 2. The van der Waals surface area contributed by atoms with Gasteiger partial charge in [0.05, 0.1) is 23.3 Å². The SMILES string of the molecule is O=C(CNc1ccc(Cl)cc1)N/N=C\c1ccc(-c2ccc(Cl)c(C(=O)O)c2)o1. The molecular weight excluding hydrogens is 417 g/mol. The first-order valence-electron chi connectivity index (χ1n) is 8.37. The second kappa shape index (κ2) is 9.27. The van der Waals surface area contributed by atoms with Crippen LogP contribution in [0.4, 0.5) is 5.69 Å². The number of halogens is 2. The monoisotopic (exact) mass is 431 g/mol. The molecule has 0 radical (unpaired) electrons. The standard InChI is InChI=1S/C20H15Cl2N3O4/c21-13-2-4-14(5-3-13)23-11-19(26)25-24-10-15-6-8-18(29-15)12-1-7-17(22)16(9-12)20(27)28/h1-10,23H,11H2,(H,25,26)(H,27,28)/b24-10-. The van der Waals surface area contributed by atoms with Gasteiger partial charge in [-0.1, -0.05) is 23.2 Å². The highest BCUT2D eigenvalue weighted by molar-refractivity contribution is 6.33. The second-order valence-corrected chi connectivity index (χ2v) is 6.70. The van der Waals surface area contributed by atoms with Crippen molar-refractivity contribution in [1.29, 1.82) is 0 Å². The van der Waals surface area contributed by atoms with E-state index in [0.717, 1.165) is 5.69 Å². The topological polar surface area (TPSA) is 104 Å². The third-order valence-corrected chi connectivity index (χ3v) is 4.37. The number of carboxylic acids is 1. The summed E-state index contributed by atoms with van der Waals surface area (Å²) < 4.78 is 5.60. The molecular formula is C20H15Cl2N3O4. The van der Waals surface area contributed by atoms with Crippen LogP contribution in [0.1, 0.15) is 16.1 Å². The van der Waals surface area contributed by atoms with Gasteiger partial charge in [-0.2, -0.15) is 5.10 Å². The quantitative estimate of drug-likeness (QED) is 0.376. The lowest BCUT2D eigenvalue weighted by molar-refractivity contribution is -0.119. The number of anilines is 1. The predicted octanol–water partition coefficient (Wildman–Crippen LogP) is 4.51. The minimum atomic E-state index is -1.12. The van der Waals surface area contributed by atoms with Crippen LogP contribution in [0.2, 0.25) is 10.0 Å². The highest BCUT2D eigenvalue weighted by atomic mass is 35.5. The lowest BCUT2D eigenvalue weighted by Gasteiger charge is -2.04. The molecule has 0 fully saturated rings. The van der Waals surface area contributed by atoms with Crippen LogP contribution in [0.25, 0.3) is 11.3 Å². The van der Waals surface area contributed by atoms with Crippen molar-refractivity contribution in [3.05, 3.63) is 76.0 Å². The number of carboxylic acid groups (broad SMARTS) is 1. The van der Waals surface area contributed by atoms with Crippen LogP contribution >= 0.6 is 23.2 Å². The van der Waals surface area contributed by atoms with Crippen molar-refractivity contribution in [2.45, 2.75) is 0 Å². The van der Waals surface area contributed by atoms with E-state index >= 15 is 0 Å². The first-order chi connectivity index (χ1) is 13.9. The molecule has 148 valence electrons. The Balaban J connectivity index is 1.56. The molecule has 0 spiro atoms. The fourth-order valence-corrected chi connectivity index (χ4v) is 2.70. The summed E-state index contributed by atoms with van der Waals surface area (Å²) in [6.45, 7) is 0.0329. The number of nitrogens with zero attached hydrogens (tertiary/aromatic N) is 1. The summed E-state index contributed by atoms with van der Waals surface area (Å²) in [4.78, 5) is 23.0. The number of amides is 1. The van der Waals surface area contributed by atoms with Crippen LogP contribution < -0.4 is 10.7 Å². The Labute approximate surface area is 175 Å². The Morgan fingerprint density at radius 1 is 1.07 bits per heavy atom. The zero-order valence-corrected chi connectivity index (χ0v) is 16.4. The number of hydrogen-bond donors (Lipinski definition) is 3.